The molecule has 0 saturated carbocycles. The molecular weight excluding hydrogens is 190 g/mol. The Hall–Kier alpha value is -1.03. The van der Waals surface area contributed by atoms with Crippen LogP contribution in [-0.4, -0.2) is 33.9 Å². The Morgan fingerprint density at radius 2 is 2.40 bits per heavy atom. The number of aryl methyl sites for hydroxylation is 1. The molecule has 1 aliphatic heterocycles. The molecular formula is C11H19N3O. The topological polar surface area (TPSA) is 41.3 Å². The van der Waals surface area contributed by atoms with Gasteiger partial charge in [-0.05, 0) is 19.3 Å². The molecule has 0 amide bonds. The highest BCUT2D eigenvalue weighted by atomic mass is 16.3. The average molecular weight is 209 g/mol. The zero-order chi connectivity index (χ0) is 10.8. The number of anilines is 1. The Kier molecular flexibility index (Phi) is 2.95. The van der Waals surface area contributed by atoms with E-state index in [1.165, 1.54) is 0 Å². The number of aromatic nitrogens is 2. The molecule has 1 aromatic heterocycles. The third-order valence-electron chi connectivity index (χ3n) is 3.24. The predicted molar refractivity (Wildman–Crippen MR) is 59.9 cm³/mol. The molecule has 0 aromatic carbocycles. The van der Waals surface area contributed by atoms with Crippen molar-refractivity contribution in [2.24, 2.45) is 5.92 Å². The second kappa shape index (κ2) is 4.23. The van der Waals surface area contributed by atoms with Crippen LogP contribution in [0.3, 0.4) is 0 Å². The molecule has 1 N–H and O–H groups in total. The van der Waals surface area contributed by atoms with E-state index in [-0.39, 0.29) is 6.10 Å². The van der Waals surface area contributed by atoms with Gasteiger partial charge in [0, 0.05) is 32.0 Å². The molecule has 1 saturated heterocycles. The molecule has 0 spiro atoms. The summed E-state index contributed by atoms with van der Waals surface area (Å²) in [4.78, 5) is 6.52. The maximum atomic E-state index is 9.83. The molecule has 1 aromatic rings. The fraction of sp³-hybridized carbons (Fsp3) is 0.727. The number of β-amino-alcohol motifs (C(OH)–C–C–N with tert-alkyl or cyclic N) is 1. The zero-order valence-electron chi connectivity index (χ0n) is 9.43. The largest absolute Gasteiger partial charge is 0.391 e. The number of rotatable bonds is 2. The van der Waals surface area contributed by atoms with Crippen LogP contribution in [0.2, 0.25) is 0 Å². The maximum Gasteiger partial charge on any atom is 0.205 e. The van der Waals surface area contributed by atoms with E-state index in [1.54, 1.807) is 0 Å². The summed E-state index contributed by atoms with van der Waals surface area (Å²) < 4.78 is 2.11. The maximum absolute atomic E-state index is 9.83. The van der Waals surface area contributed by atoms with E-state index < -0.39 is 0 Å². The molecule has 4 nitrogen and oxygen atoms in total. The summed E-state index contributed by atoms with van der Waals surface area (Å²) in [6.07, 6.45) is 4.63. The van der Waals surface area contributed by atoms with Gasteiger partial charge in [-0.3, -0.25) is 0 Å². The minimum atomic E-state index is -0.222. The standard InChI is InChI=1S/C11H19N3O/c1-3-13-7-5-12-11(13)14-6-4-9(2)10(15)8-14/h5,7,9-10,15H,3-4,6,8H2,1-2H3. The normalized spacial score (nSPS) is 27.0. The lowest BCUT2D eigenvalue weighted by Gasteiger charge is -2.35. The quantitative estimate of drug-likeness (QED) is 0.793. The van der Waals surface area contributed by atoms with Gasteiger partial charge < -0.3 is 14.6 Å². The summed E-state index contributed by atoms with van der Waals surface area (Å²) in [7, 11) is 0. The molecule has 0 bridgehead atoms. The molecule has 2 atom stereocenters. The molecule has 15 heavy (non-hydrogen) atoms. The van der Waals surface area contributed by atoms with Crippen LogP contribution in [0.5, 0.6) is 0 Å². The Bertz CT molecular complexity index is 323. The minimum Gasteiger partial charge on any atom is -0.391 e. The number of piperidine rings is 1. The summed E-state index contributed by atoms with van der Waals surface area (Å²) in [5.74, 6) is 1.40. The summed E-state index contributed by atoms with van der Waals surface area (Å²) in [6, 6.07) is 0. The highest BCUT2D eigenvalue weighted by Crippen LogP contribution is 2.21. The molecule has 84 valence electrons. The highest BCUT2D eigenvalue weighted by Gasteiger charge is 2.26. The average Bonchev–Trinajstić information content (AvgIpc) is 2.70. The SMILES string of the molecule is CCn1ccnc1N1CCC(C)C(O)C1. The Labute approximate surface area is 90.5 Å². The van der Waals surface area contributed by atoms with Gasteiger partial charge >= 0.3 is 0 Å². The smallest absolute Gasteiger partial charge is 0.205 e. The lowest BCUT2D eigenvalue weighted by molar-refractivity contribution is 0.102. The van der Waals surface area contributed by atoms with Gasteiger partial charge in [-0.25, -0.2) is 4.98 Å². The van der Waals surface area contributed by atoms with Crippen LogP contribution in [0.1, 0.15) is 20.3 Å². The fourth-order valence-corrected chi connectivity index (χ4v) is 2.06. The predicted octanol–water partition coefficient (Wildman–Crippen LogP) is 1.11. The molecule has 2 unspecified atom stereocenters. The molecule has 4 heteroatoms. The van der Waals surface area contributed by atoms with Gasteiger partial charge in [0.25, 0.3) is 0 Å². The molecule has 2 heterocycles. The summed E-state index contributed by atoms with van der Waals surface area (Å²) in [6.45, 7) is 6.84. The molecule has 1 aliphatic rings. The Morgan fingerprint density at radius 3 is 3.07 bits per heavy atom. The van der Waals surface area contributed by atoms with Gasteiger partial charge in [-0.15, -0.1) is 0 Å². The van der Waals surface area contributed by atoms with E-state index in [0.717, 1.165) is 25.5 Å². The van der Waals surface area contributed by atoms with Gasteiger partial charge in [0.1, 0.15) is 0 Å². The first-order valence-corrected chi connectivity index (χ1v) is 5.66. The van der Waals surface area contributed by atoms with Crippen LogP contribution >= 0.6 is 0 Å². The van der Waals surface area contributed by atoms with Crippen molar-refractivity contribution in [3.8, 4) is 0 Å². The van der Waals surface area contributed by atoms with Crippen molar-refractivity contribution < 1.29 is 5.11 Å². The van der Waals surface area contributed by atoms with Crippen LogP contribution in [-0.2, 0) is 6.54 Å². The molecule has 1 fully saturated rings. The molecule has 0 aliphatic carbocycles. The first-order chi connectivity index (χ1) is 7.22. The first-order valence-electron chi connectivity index (χ1n) is 5.66. The van der Waals surface area contributed by atoms with E-state index >= 15 is 0 Å². The fourth-order valence-electron chi connectivity index (χ4n) is 2.06. The van der Waals surface area contributed by atoms with E-state index in [9.17, 15) is 5.11 Å². The summed E-state index contributed by atoms with van der Waals surface area (Å²) in [5, 5.41) is 9.83. The third kappa shape index (κ3) is 2.00. The monoisotopic (exact) mass is 209 g/mol. The van der Waals surface area contributed by atoms with Crippen molar-refractivity contribution in [2.75, 3.05) is 18.0 Å². The van der Waals surface area contributed by atoms with Crippen LogP contribution in [0.15, 0.2) is 12.4 Å². The summed E-state index contributed by atoms with van der Waals surface area (Å²) >= 11 is 0. The number of nitrogens with zero attached hydrogens (tertiary/aromatic N) is 3. The van der Waals surface area contributed by atoms with Gasteiger partial charge in [-0.1, -0.05) is 6.92 Å². The minimum absolute atomic E-state index is 0.222. The van der Waals surface area contributed by atoms with Crippen LogP contribution in [0.4, 0.5) is 5.95 Å². The van der Waals surface area contributed by atoms with Crippen molar-refractivity contribution in [3.05, 3.63) is 12.4 Å². The Morgan fingerprint density at radius 1 is 1.60 bits per heavy atom. The van der Waals surface area contributed by atoms with E-state index in [1.807, 2.05) is 12.4 Å². The number of aliphatic hydroxyl groups is 1. The molecule has 2 rings (SSSR count). The van der Waals surface area contributed by atoms with Gasteiger partial charge in [0.2, 0.25) is 5.95 Å². The number of hydrogen-bond donors (Lipinski definition) is 1. The summed E-state index contributed by atoms with van der Waals surface area (Å²) in [5.41, 5.74) is 0. The Balaban J connectivity index is 2.11. The van der Waals surface area contributed by atoms with Crippen LogP contribution in [0, 0.1) is 5.92 Å². The highest BCUT2D eigenvalue weighted by molar-refractivity contribution is 5.32. The molecule has 0 radical (unpaired) electrons. The van der Waals surface area contributed by atoms with E-state index in [4.69, 9.17) is 0 Å². The van der Waals surface area contributed by atoms with Gasteiger partial charge in [0.05, 0.1) is 6.10 Å². The number of aliphatic hydroxyl groups excluding tert-OH is 1. The second-order valence-electron chi connectivity index (χ2n) is 4.29. The number of imidazole rings is 1. The van der Waals surface area contributed by atoms with Gasteiger partial charge in [-0.2, -0.15) is 0 Å². The van der Waals surface area contributed by atoms with Crippen molar-refractivity contribution in [1.29, 1.82) is 0 Å². The van der Waals surface area contributed by atoms with Gasteiger partial charge in [0.15, 0.2) is 0 Å². The van der Waals surface area contributed by atoms with Crippen LogP contribution in [0.25, 0.3) is 0 Å². The van der Waals surface area contributed by atoms with E-state index in [2.05, 4.69) is 28.3 Å². The van der Waals surface area contributed by atoms with Crippen LogP contribution < -0.4 is 4.90 Å². The second-order valence-corrected chi connectivity index (χ2v) is 4.29. The zero-order valence-corrected chi connectivity index (χ0v) is 9.43. The van der Waals surface area contributed by atoms with Crippen molar-refractivity contribution in [1.82, 2.24) is 9.55 Å². The van der Waals surface area contributed by atoms with Crippen molar-refractivity contribution >= 4 is 5.95 Å². The van der Waals surface area contributed by atoms with Crippen molar-refractivity contribution in [2.45, 2.75) is 32.9 Å². The van der Waals surface area contributed by atoms with E-state index in [0.29, 0.717) is 12.5 Å². The van der Waals surface area contributed by atoms with Crippen molar-refractivity contribution in [3.63, 3.8) is 0 Å². The third-order valence-corrected chi connectivity index (χ3v) is 3.24. The first kappa shape index (κ1) is 10.5. The lowest BCUT2D eigenvalue weighted by atomic mass is 9.96. The number of hydrogen-bond acceptors (Lipinski definition) is 3. The lowest BCUT2D eigenvalue weighted by Crippen LogP contribution is -2.44.